The summed E-state index contributed by atoms with van der Waals surface area (Å²) in [5.41, 5.74) is 4.80. The third-order valence-electron chi connectivity index (χ3n) is 4.29. The minimum Gasteiger partial charge on any atom is -0.369 e. The average molecular weight is 489 g/mol. The van der Waals surface area contributed by atoms with Crippen molar-refractivity contribution in [2.45, 2.75) is 109 Å². The third-order valence-corrected chi connectivity index (χ3v) is 4.29. The van der Waals surface area contributed by atoms with Gasteiger partial charge in [0.05, 0.1) is 0 Å². The van der Waals surface area contributed by atoms with E-state index in [0.717, 1.165) is 12.8 Å². The molecule has 0 aromatic heterocycles. The number of amides is 2. The summed E-state index contributed by atoms with van der Waals surface area (Å²) >= 11 is 0. The lowest BCUT2D eigenvalue weighted by molar-refractivity contribution is -0.123. The van der Waals surface area contributed by atoms with Gasteiger partial charge in [-0.05, 0) is 13.3 Å². The van der Waals surface area contributed by atoms with Crippen molar-refractivity contribution in [3.63, 3.8) is 0 Å². The molecule has 0 aliphatic rings. The Morgan fingerprint density at radius 3 is 1.00 bits per heavy atom. The maximum Gasteiger partial charge on any atom is 0.222 e. The van der Waals surface area contributed by atoms with Gasteiger partial charge < -0.3 is 11.1 Å². The molecule has 204 valence electrons. The lowest BCUT2D eigenvalue weighted by Crippen LogP contribution is -2.22. The SMILES string of the molecule is CC(=O)C(C)C.CC(C)C(N)=O.CCC(=O)C(C)C.CCCC(=O)C(C)C.CNC(=O)C(C)C. The van der Waals surface area contributed by atoms with Crippen LogP contribution in [0.15, 0.2) is 0 Å². The van der Waals surface area contributed by atoms with Crippen molar-refractivity contribution in [1.82, 2.24) is 5.32 Å². The van der Waals surface area contributed by atoms with E-state index in [2.05, 4.69) is 5.32 Å². The van der Waals surface area contributed by atoms with Crippen LogP contribution in [-0.4, -0.2) is 36.2 Å². The number of hydrogen-bond acceptors (Lipinski definition) is 5. The molecule has 0 fully saturated rings. The molecule has 0 radical (unpaired) electrons. The molecule has 0 aliphatic carbocycles. The summed E-state index contributed by atoms with van der Waals surface area (Å²) in [6, 6.07) is 0. The number of hydrogen-bond donors (Lipinski definition) is 2. The Bertz CT molecular complexity index is 513. The van der Waals surface area contributed by atoms with Crippen molar-refractivity contribution in [1.29, 1.82) is 0 Å². The number of ketones is 3. The highest BCUT2D eigenvalue weighted by Gasteiger charge is 2.03. The molecule has 0 aromatic rings. The van der Waals surface area contributed by atoms with E-state index in [1.54, 1.807) is 27.8 Å². The standard InChI is InChI=1S/C7H14O.C6H12O.C5H11NO.C5H10O.C4H9NO/c1-4-5-7(8)6(2)3;1-4-6(7)5(2)3;1-4(2)5(7)6-3;1-4(2)5(3)6;1-3(2)4(5)6/h6H,4-5H2,1-3H3;5H,4H2,1-3H3;4H,1-3H3,(H,6,7);4H,1-3H3;3H,1-2H3,(H2,5,6). The molecule has 0 saturated carbocycles. The Morgan fingerprint density at radius 1 is 0.647 bits per heavy atom. The first-order valence-electron chi connectivity index (χ1n) is 12.4. The molecule has 0 atom stereocenters. The number of primary amides is 1. The van der Waals surface area contributed by atoms with Crippen molar-refractivity contribution in [2.24, 2.45) is 35.3 Å². The quantitative estimate of drug-likeness (QED) is 0.474. The van der Waals surface area contributed by atoms with E-state index in [0.29, 0.717) is 18.0 Å². The molecule has 3 N–H and O–H groups in total. The highest BCUT2D eigenvalue weighted by atomic mass is 16.2. The fraction of sp³-hybridized carbons (Fsp3) is 0.815. The molecule has 7 heteroatoms. The van der Waals surface area contributed by atoms with E-state index < -0.39 is 0 Å². The molecule has 34 heavy (non-hydrogen) atoms. The van der Waals surface area contributed by atoms with Crippen LogP contribution in [0.25, 0.3) is 0 Å². The lowest BCUT2D eigenvalue weighted by atomic mass is 10.1. The topological polar surface area (TPSA) is 123 Å². The molecule has 0 heterocycles. The summed E-state index contributed by atoms with van der Waals surface area (Å²) in [5, 5.41) is 2.53. The fourth-order valence-electron chi connectivity index (χ4n) is 1.23. The summed E-state index contributed by atoms with van der Waals surface area (Å²) in [4.78, 5) is 51.7. The van der Waals surface area contributed by atoms with Crippen molar-refractivity contribution in [2.75, 3.05) is 7.05 Å². The predicted molar refractivity (Wildman–Crippen MR) is 143 cm³/mol. The number of nitrogens with one attached hydrogen (secondary N) is 1. The number of Topliss-reactive ketones (excluding diaryl/α,β-unsaturated/α-hetero) is 3. The summed E-state index contributed by atoms with van der Waals surface area (Å²) in [5.74, 6) is 1.62. The van der Waals surface area contributed by atoms with Crippen LogP contribution in [0.5, 0.6) is 0 Å². The van der Waals surface area contributed by atoms with E-state index in [9.17, 15) is 24.0 Å². The van der Waals surface area contributed by atoms with Gasteiger partial charge in [-0.15, -0.1) is 0 Å². The van der Waals surface area contributed by atoms with Crippen molar-refractivity contribution in [3.05, 3.63) is 0 Å². The van der Waals surface area contributed by atoms with Crippen molar-refractivity contribution in [3.8, 4) is 0 Å². The number of carbonyl (C=O) groups excluding carboxylic acids is 5. The smallest absolute Gasteiger partial charge is 0.222 e. The van der Waals surface area contributed by atoms with Gasteiger partial charge in [0.15, 0.2) is 0 Å². The van der Waals surface area contributed by atoms with Gasteiger partial charge in [-0.2, -0.15) is 0 Å². The van der Waals surface area contributed by atoms with Gasteiger partial charge in [-0.25, -0.2) is 0 Å². The van der Waals surface area contributed by atoms with Crippen LogP contribution < -0.4 is 11.1 Å². The minimum atomic E-state index is -0.241. The Balaban J connectivity index is -0.000000104. The Hall–Kier alpha value is -2.05. The first-order chi connectivity index (χ1) is 15.3. The Morgan fingerprint density at radius 2 is 0.971 bits per heavy atom. The van der Waals surface area contributed by atoms with Crippen LogP contribution in [0.4, 0.5) is 0 Å². The maximum absolute atomic E-state index is 10.7. The molecule has 7 nitrogen and oxygen atoms in total. The van der Waals surface area contributed by atoms with Gasteiger partial charge in [0, 0.05) is 49.5 Å². The molecule has 2 amide bonds. The van der Waals surface area contributed by atoms with Gasteiger partial charge in [-0.1, -0.05) is 83.1 Å². The fourth-order valence-corrected chi connectivity index (χ4v) is 1.23. The monoisotopic (exact) mass is 488 g/mol. The first kappa shape index (κ1) is 42.1. The van der Waals surface area contributed by atoms with E-state index in [1.165, 1.54) is 0 Å². The Kier molecular flexibility index (Phi) is 33.7. The highest BCUT2D eigenvalue weighted by molar-refractivity contribution is 5.80. The molecule has 0 aliphatic heterocycles. The summed E-state index contributed by atoms with van der Waals surface area (Å²) in [7, 11) is 1.64. The van der Waals surface area contributed by atoms with Gasteiger partial charge in [-0.3, -0.25) is 24.0 Å². The number of nitrogens with two attached hydrogens (primary N) is 1. The van der Waals surface area contributed by atoms with Gasteiger partial charge in [0.25, 0.3) is 0 Å². The van der Waals surface area contributed by atoms with Crippen LogP contribution >= 0.6 is 0 Å². The molecule has 0 spiro atoms. The normalized spacial score (nSPS) is 9.50. The molecular weight excluding hydrogens is 432 g/mol. The Labute approximate surface area is 210 Å². The number of rotatable bonds is 8. The van der Waals surface area contributed by atoms with E-state index in [1.807, 2.05) is 69.2 Å². The molecule has 0 saturated heterocycles. The molecule has 0 rings (SSSR count). The van der Waals surface area contributed by atoms with Crippen LogP contribution in [0, 0.1) is 29.6 Å². The third kappa shape index (κ3) is 40.3. The van der Waals surface area contributed by atoms with Crippen LogP contribution in [0.3, 0.4) is 0 Å². The summed E-state index contributed by atoms with van der Waals surface area (Å²) in [6.07, 6.45) is 2.41. The first-order valence-corrected chi connectivity index (χ1v) is 12.4. The molecule has 0 bridgehead atoms. The minimum absolute atomic E-state index is 0.00926. The zero-order valence-electron chi connectivity index (χ0n) is 24.6. The second-order valence-corrected chi connectivity index (χ2v) is 9.44. The van der Waals surface area contributed by atoms with Crippen LogP contribution in [0.1, 0.15) is 109 Å². The lowest BCUT2D eigenvalue weighted by Gasteiger charge is -1.98. The second-order valence-electron chi connectivity index (χ2n) is 9.44. The largest absolute Gasteiger partial charge is 0.369 e. The van der Waals surface area contributed by atoms with Crippen molar-refractivity contribution < 1.29 is 24.0 Å². The average Bonchev–Trinajstić information content (AvgIpc) is 2.73. The van der Waals surface area contributed by atoms with Gasteiger partial charge in [0.2, 0.25) is 11.8 Å². The zero-order chi connectivity index (χ0) is 28.6. The highest BCUT2D eigenvalue weighted by Crippen LogP contribution is 2.00. The van der Waals surface area contributed by atoms with E-state index in [-0.39, 0.29) is 47.2 Å². The summed E-state index contributed by atoms with van der Waals surface area (Å²) in [6.45, 7) is 24.3. The molecule has 0 aromatic carbocycles. The van der Waals surface area contributed by atoms with Crippen LogP contribution in [0.2, 0.25) is 0 Å². The molecule has 0 unspecified atom stereocenters. The van der Waals surface area contributed by atoms with Crippen LogP contribution in [-0.2, 0) is 24.0 Å². The molecular formula is C27H56N2O5. The zero-order valence-corrected chi connectivity index (χ0v) is 24.6. The van der Waals surface area contributed by atoms with Gasteiger partial charge in [0.1, 0.15) is 17.3 Å². The predicted octanol–water partition coefficient (Wildman–Crippen LogP) is 5.38. The van der Waals surface area contributed by atoms with Gasteiger partial charge >= 0.3 is 0 Å². The van der Waals surface area contributed by atoms with Crippen molar-refractivity contribution >= 4 is 29.2 Å². The second kappa shape index (κ2) is 27.2. The van der Waals surface area contributed by atoms with E-state index in [4.69, 9.17) is 5.73 Å². The summed E-state index contributed by atoms with van der Waals surface area (Å²) < 4.78 is 0. The maximum atomic E-state index is 10.7. The van der Waals surface area contributed by atoms with E-state index >= 15 is 0 Å². The number of carbonyl (C=O) groups is 5.